The highest BCUT2D eigenvalue weighted by Gasteiger charge is 2.26. The molecule has 1 fully saturated rings. The molecule has 0 aliphatic carbocycles. The summed E-state index contributed by atoms with van der Waals surface area (Å²) < 4.78 is 1.80. The van der Waals surface area contributed by atoms with Crippen molar-refractivity contribution in [2.45, 2.75) is 45.1 Å². The summed E-state index contributed by atoms with van der Waals surface area (Å²) in [4.78, 5) is 28.3. The molecule has 162 valence electrons. The van der Waals surface area contributed by atoms with Crippen LogP contribution in [0.25, 0.3) is 5.95 Å². The number of nitrogens with zero attached hydrogens (tertiary/aromatic N) is 5. The maximum atomic E-state index is 12.6. The number of aryl methyl sites for hydroxylation is 1. The molecule has 1 atom stereocenters. The van der Waals surface area contributed by atoms with Crippen molar-refractivity contribution >= 4 is 23.3 Å². The van der Waals surface area contributed by atoms with Crippen LogP contribution in [0, 0.1) is 6.92 Å². The maximum absolute atomic E-state index is 12.6. The Balaban J connectivity index is 1.39. The maximum Gasteiger partial charge on any atom is 0.237 e. The topological polar surface area (TPSA) is 75.9 Å². The molecule has 3 heterocycles. The lowest BCUT2D eigenvalue weighted by Gasteiger charge is -2.36. The number of benzene rings is 1. The number of carbonyl (C=O) groups is 1. The minimum Gasteiger partial charge on any atom is -0.356 e. The summed E-state index contributed by atoms with van der Waals surface area (Å²) in [6.07, 6.45) is 9.69. The zero-order valence-electron chi connectivity index (χ0n) is 17.7. The van der Waals surface area contributed by atoms with E-state index >= 15 is 0 Å². The number of nitrogens with one attached hydrogen (secondary N) is 1. The lowest BCUT2D eigenvalue weighted by Crippen LogP contribution is -2.43. The van der Waals surface area contributed by atoms with Gasteiger partial charge in [0.05, 0.1) is 0 Å². The van der Waals surface area contributed by atoms with Gasteiger partial charge in [-0.3, -0.25) is 9.36 Å². The van der Waals surface area contributed by atoms with Crippen LogP contribution in [0.5, 0.6) is 0 Å². The molecule has 1 aliphatic rings. The van der Waals surface area contributed by atoms with Gasteiger partial charge in [0.15, 0.2) is 0 Å². The Morgan fingerprint density at radius 3 is 2.84 bits per heavy atom. The van der Waals surface area contributed by atoms with Crippen molar-refractivity contribution in [2.75, 3.05) is 18.0 Å². The van der Waals surface area contributed by atoms with Gasteiger partial charge in [-0.1, -0.05) is 23.7 Å². The van der Waals surface area contributed by atoms with Crippen LogP contribution in [0.3, 0.4) is 0 Å². The molecule has 1 aliphatic heterocycles. The molecule has 0 saturated carbocycles. The Labute approximate surface area is 187 Å². The first-order chi connectivity index (χ1) is 15.1. The van der Waals surface area contributed by atoms with E-state index in [2.05, 4.69) is 20.2 Å². The lowest BCUT2D eigenvalue weighted by molar-refractivity contribution is -0.121. The summed E-state index contributed by atoms with van der Waals surface area (Å²) in [5.74, 6) is 1.55. The second-order valence-corrected chi connectivity index (χ2v) is 8.35. The highest BCUT2D eigenvalue weighted by atomic mass is 35.5. The zero-order chi connectivity index (χ0) is 21.6. The fraction of sp³-hybridized carbons (Fsp3) is 0.391. The van der Waals surface area contributed by atoms with E-state index in [1.807, 2.05) is 43.5 Å². The molecule has 1 saturated heterocycles. The second kappa shape index (κ2) is 9.92. The number of piperidine rings is 1. The number of halogens is 1. The molecule has 0 radical (unpaired) electrons. The first-order valence-corrected chi connectivity index (χ1v) is 11.1. The fourth-order valence-electron chi connectivity index (χ4n) is 3.97. The van der Waals surface area contributed by atoms with Crippen LogP contribution in [0.4, 0.5) is 5.82 Å². The van der Waals surface area contributed by atoms with E-state index in [1.165, 1.54) is 0 Å². The Morgan fingerprint density at radius 1 is 1.23 bits per heavy atom. The van der Waals surface area contributed by atoms with Gasteiger partial charge in [0.25, 0.3) is 0 Å². The normalized spacial score (nSPS) is 16.3. The van der Waals surface area contributed by atoms with Gasteiger partial charge in [0.2, 0.25) is 11.9 Å². The third kappa shape index (κ3) is 5.61. The molecule has 0 spiro atoms. The van der Waals surface area contributed by atoms with E-state index in [4.69, 9.17) is 16.6 Å². The number of hydrogen-bond acceptors (Lipinski definition) is 5. The Kier molecular flexibility index (Phi) is 6.82. The molecule has 4 rings (SSSR count). The SMILES string of the molecule is Cc1cc(N2CCCCC2CC(=O)NCCc2ccc(Cl)cc2)nc(-n2ccnc2)n1. The molecule has 31 heavy (non-hydrogen) atoms. The summed E-state index contributed by atoms with van der Waals surface area (Å²) in [7, 11) is 0. The highest BCUT2D eigenvalue weighted by Crippen LogP contribution is 2.26. The first kappa shape index (κ1) is 21.3. The molecule has 8 heteroatoms. The fourth-order valence-corrected chi connectivity index (χ4v) is 4.10. The number of rotatable bonds is 7. The molecule has 7 nitrogen and oxygen atoms in total. The number of aromatic nitrogens is 4. The molecular weight excluding hydrogens is 412 g/mol. The monoisotopic (exact) mass is 438 g/mol. The van der Waals surface area contributed by atoms with E-state index in [1.54, 1.807) is 17.1 Å². The third-order valence-corrected chi connectivity index (χ3v) is 5.81. The molecule has 0 bridgehead atoms. The molecule has 1 unspecified atom stereocenters. The Morgan fingerprint density at radius 2 is 2.06 bits per heavy atom. The van der Waals surface area contributed by atoms with Crippen LogP contribution >= 0.6 is 11.6 Å². The largest absolute Gasteiger partial charge is 0.356 e. The minimum atomic E-state index is 0.0754. The predicted octanol–water partition coefficient (Wildman–Crippen LogP) is 3.73. The minimum absolute atomic E-state index is 0.0754. The van der Waals surface area contributed by atoms with Gasteiger partial charge in [-0.25, -0.2) is 9.97 Å². The predicted molar refractivity (Wildman–Crippen MR) is 122 cm³/mol. The quantitative estimate of drug-likeness (QED) is 0.608. The lowest BCUT2D eigenvalue weighted by atomic mass is 9.99. The molecule has 1 amide bonds. The van der Waals surface area contributed by atoms with Crippen molar-refractivity contribution in [2.24, 2.45) is 0 Å². The van der Waals surface area contributed by atoms with Crippen molar-refractivity contribution in [3.05, 3.63) is 65.3 Å². The number of imidazole rings is 1. The summed E-state index contributed by atoms with van der Waals surface area (Å²) in [6.45, 7) is 3.47. The number of anilines is 1. The smallest absolute Gasteiger partial charge is 0.237 e. The van der Waals surface area contributed by atoms with E-state index < -0.39 is 0 Å². The van der Waals surface area contributed by atoms with E-state index in [0.29, 0.717) is 18.9 Å². The van der Waals surface area contributed by atoms with Crippen molar-refractivity contribution < 1.29 is 4.79 Å². The molecule has 1 aromatic carbocycles. The van der Waals surface area contributed by atoms with Crippen LogP contribution in [0.15, 0.2) is 49.1 Å². The van der Waals surface area contributed by atoms with Gasteiger partial charge in [-0.15, -0.1) is 0 Å². The van der Waals surface area contributed by atoms with Crippen LogP contribution in [0.1, 0.15) is 36.9 Å². The molecule has 3 aromatic rings. The van der Waals surface area contributed by atoms with Gasteiger partial charge in [-0.2, -0.15) is 4.98 Å². The first-order valence-electron chi connectivity index (χ1n) is 10.7. The van der Waals surface area contributed by atoms with E-state index in [0.717, 1.165) is 54.3 Å². The van der Waals surface area contributed by atoms with Gasteiger partial charge in [0.1, 0.15) is 12.1 Å². The van der Waals surface area contributed by atoms with Crippen LogP contribution in [-0.4, -0.2) is 44.6 Å². The van der Waals surface area contributed by atoms with Crippen molar-refractivity contribution in [1.82, 2.24) is 24.8 Å². The van der Waals surface area contributed by atoms with E-state index in [9.17, 15) is 4.79 Å². The molecule has 2 aromatic heterocycles. The summed E-state index contributed by atoms with van der Waals surface area (Å²) in [5.41, 5.74) is 2.05. The summed E-state index contributed by atoms with van der Waals surface area (Å²) in [6, 6.07) is 9.87. The third-order valence-electron chi connectivity index (χ3n) is 5.56. The van der Waals surface area contributed by atoms with Crippen LogP contribution in [-0.2, 0) is 11.2 Å². The van der Waals surface area contributed by atoms with Crippen molar-refractivity contribution in [3.8, 4) is 5.95 Å². The highest BCUT2D eigenvalue weighted by molar-refractivity contribution is 6.30. The number of amides is 1. The van der Waals surface area contributed by atoms with Gasteiger partial charge >= 0.3 is 0 Å². The molecule has 1 N–H and O–H groups in total. The summed E-state index contributed by atoms with van der Waals surface area (Å²) in [5, 5.41) is 3.79. The second-order valence-electron chi connectivity index (χ2n) is 7.91. The van der Waals surface area contributed by atoms with Crippen LogP contribution in [0.2, 0.25) is 5.02 Å². The average molecular weight is 439 g/mol. The van der Waals surface area contributed by atoms with Crippen LogP contribution < -0.4 is 10.2 Å². The van der Waals surface area contributed by atoms with Gasteiger partial charge in [0, 0.05) is 54.7 Å². The standard InChI is InChI=1S/C23H27ClN6O/c1-17-14-21(28-23(27-17)29-13-11-25-16-29)30-12-3-2-4-20(30)15-22(31)26-10-9-18-5-7-19(24)8-6-18/h5-8,11,13-14,16,20H,2-4,9-10,12,15H2,1H3,(H,26,31). The van der Waals surface area contributed by atoms with E-state index in [-0.39, 0.29) is 11.9 Å². The number of carbonyl (C=O) groups excluding carboxylic acids is 1. The Bertz CT molecular complexity index is 1010. The Hall–Kier alpha value is -2.93. The van der Waals surface area contributed by atoms with Crippen molar-refractivity contribution in [3.63, 3.8) is 0 Å². The van der Waals surface area contributed by atoms with Gasteiger partial charge in [-0.05, 0) is 50.3 Å². The molecular formula is C23H27ClN6O. The van der Waals surface area contributed by atoms with Crippen molar-refractivity contribution in [1.29, 1.82) is 0 Å². The number of hydrogen-bond donors (Lipinski definition) is 1. The zero-order valence-corrected chi connectivity index (χ0v) is 18.4. The van der Waals surface area contributed by atoms with Gasteiger partial charge < -0.3 is 10.2 Å². The summed E-state index contributed by atoms with van der Waals surface area (Å²) >= 11 is 5.93. The average Bonchev–Trinajstić information content (AvgIpc) is 3.30.